The van der Waals surface area contributed by atoms with E-state index in [1.807, 2.05) is 66.4 Å². The molecule has 0 radical (unpaired) electrons. The molecule has 3 aliphatic rings. The Labute approximate surface area is 200 Å². The van der Waals surface area contributed by atoms with Gasteiger partial charge in [-0.3, -0.25) is 14.5 Å². The smallest absolute Gasteiger partial charge is 0.322 e. The molecule has 0 saturated carbocycles. The average Bonchev–Trinajstić information content (AvgIpc) is 3.50. The van der Waals surface area contributed by atoms with E-state index in [4.69, 9.17) is 0 Å². The van der Waals surface area contributed by atoms with E-state index in [9.17, 15) is 14.4 Å². The van der Waals surface area contributed by atoms with Gasteiger partial charge < -0.3 is 15.1 Å². The van der Waals surface area contributed by atoms with Crippen molar-refractivity contribution in [2.45, 2.75) is 38.3 Å². The molecular weight excluding hydrogens is 428 g/mol. The SMILES string of the molecule is Cc1ccc([C@@H]2NC(=O)N(C)C3=C2C(=O)N([C@@H](Cc2ccccc2)C(=O)N2CCCC2)C3)cc1. The molecule has 0 aromatic heterocycles. The van der Waals surface area contributed by atoms with Crippen LogP contribution in [-0.4, -0.2) is 65.3 Å². The molecule has 0 unspecified atom stereocenters. The largest absolute Gasteiger partial charge is 0.341 e. The quantitative estimate of drug-likeness (QED) is 0.749. The van der Waals surface area contributed by atoms with E-state index in [1.165, 1.54) is 4.90 Å². The van der Waals surface area contributed by atoms with Crippen LogP contribution < -0.4 is 5.32 Å². The molecule has 2 atom stereocenters. The highest BCUT2D eigenvalue weighted by atomic mass is 16.2. The zero-order valence-electron chi connectivity index (χ0n) is 19.7. The van der Waals surface area contributed by atoms with Gasteiger partial charge in [-0.2, -0.15) is 0 Å². The van der Waals surface area contributed by atoms with Crippen LogP contribution >= 0.6 is 0 Å². The van der Waals surface area contributed by atoms with Gasteiger partial charge in [0.2, 0.25) is 5.91 Å². The fourth-order valence-electron chi connectivity index (χ4n) is 5.17. The molecule has 2 aromatic rings. The van der Waals surface area contributed by atoms with E-state index in [-0.39, 0.29) is 24.4 Å². The standard InChI is InChI=1S/C27H30N4O3/c1-18-10-12-20(13-11-18)24-23-22(29(2)27(34)28-24)17-31(26(23)33)21(16-19-8-4-3-5-9-19)25(32)30-14-6-7-15-30/h3-5,8-13,21,24H,6-7,14-17H2,1-2H3,(H,28,34)/t21-,24-/m0/s1. The van der Waals surface area contributed by atoms with Crippen molar-refractivity contribution in [1.82, 2.24) is 20.0 Å². The number of likely N-dealkylation sites (tertiary alicyclic amines) is 1. The van der Waals surface area contributed by atoms with Gasteiger partial charge in [-0.05, 0) is 30.9 Å². The Morgan fingerprint density at radius 1 is 1.03 bits per heavy atom. The summed E-state index contributed by atoms with van der Waals surface area (Å²) in [5.74, 6) is -0.190. The molecule has 7 nitrogen and oxygen atoms in total. The van der Waals surface area contributed by atoms with Crippen molar-refractivity contribution < 1.29 is 14.4 Å². The van der Waals surface area contributed by atoms with E-state index in [2.05, 4.69) is 5.32 Å². The predicted octanol–water partition coefficient (Wildman–Crippen LogP) is 3.02. The van der Waals surface area contributed by atoms with Gasteiger partial charge >= 0.3 is 6.03 Å². The molecule has 4 amide bonds. The molecule has 5 rings (SSSR count). The Bertz CT molecular complexity index is 1140. The van der Waals surface area contributed by atoms with Crippen LogP contribution in [0.3, 0.4) is 0 Å². The number of benzene rings is 2. The number of hydrogen-bond acceptors (Lipinski definition) is 3. The molecule has 1 N–H and O–H groups in total. The van der Waals surface area contributed by atoms with E-state index in [0.29, 0.717) is 17.7 Å². The van der Waals surface area contributed by atoms with Crippen molar-refractivity contribution in [1.29, 1.82) is 0 Å². The van der Waals surface area contributed by atoms with Crippen molar-refractivity contribution in [3.63, 3.8) is 0 Å². The van der Waals surface area contributed by atoms with Crippen LogP contribution in [0.25, 0.3) is 0 Å². The second-order valence-corrected chi connectivity index (χ2v) is 9.38. The molecule has 176 valence electrons. The van der Waals surface area contributed by atoms with Crippen molar-refractivity contribution >= 4 is 17.8 Å². The first-order valence-corrected chi connectivity index (χ1v) is 11.9. The topological polar surface area (TPSA) is 73.0 Å². The van der Waals surface area contributed by atoms with Gasteiger partial charge in [0.15, 0.2) is 0 Å². The summed E-state index contributed by atoms with van der Waals surface area (Å²) in [6, 6.07) is 16.3. The third kappa shape index (κ3) is 3.95. The summed E-state index contributed by atoms with van der Waals surface area (Å²) >= 11 is 0. The predicted molar refractivity (Wildman–Crippen MR) is 129 cm³/mol. The number of nitrogens with one attached hydrogen (secondary N) is 1. The van der Waals surface area contributed by atoms with E-state index in [0.717, 1.165) is 42.6 Å². The molecule has 34 heavy (non-hydrogen) atoms. The summed E-state index contributed by atoms with van der Waals surface area (Å²) in [5, 5.41) is 2.98. The van der Waals surface area contributed by atoms with E-state index in [1.54, 1.807) is 11.9 Å². The number of nitrogens with zero attached hydrogens (tertiary/aromatic N) is 3. The maximum Gasteiger partial charge on any atom is 0.322 e. The Balaban J connectivity index is 1.50. The number of aryl methyl sites for hydroxylation is 1. The fourth-order valence-corrected chi connectivity index (χ4v) is 5.17. The first kappa shape index (κ1) is 22.2. The number of carbonyl (C=O) groups excluding carboxylic acids is 3. The fraction of sp³-hybridized carbons (Fsp3) is 0.370. The molecule has 0 bridgehead atoms. The zero-order chi connectivity index (χ0) is 23.8. The summed E-state index contributed by atoms with van der Waals surface area (Å²) in [6.07, 6.45) is 2.43. The van der Waals surface area contributed by atoms with Gasteiger partial charge in [-0.15, -0.1) is 0 Å². The lowest BCUT2D eigenvalue weighted by molar-refractivity contribution is -0.142. The van der Waals surface area contributed by atoms with Gasteiger partial charge in [0.25, 0.3) is 5.91 Å². The van der Waals surface area contributed by atoms with Gasteiger partial charge in [-0.25, -0.2) is 4.79 Å². The summed E-state index contributed by atoms with van der Waals surface area (Å²) in [4.78, 5) is 45.4. The number of rotatable bonds is 5. The molecule has 0 aliphatic carbocycles. The summed E-state index contributed by atoms with van der Waals surface area (Å²) in [5.41, 5.74) is 4.20. The monoisotopic (exact) mass is 458 g/mol. The third-order valence-electron chi connectivity index (χ3n) is 7.15. The number of amides is 4. The van der Waals surface area contributed by atoms with Crippen molar-refractivity contribution in [3.05, 3.63) is 82.6 Å². The highest BCUT2D eigenvalue weighted by Gasteiger charge is 2.47. The Morgan fingerprint density at radius 3 is 2.38 bits per heavy atom. The van der Waals surface area contributed by atoms with Crippen LogP contribution in [-0.2, 0) is 16.0 Å². The van der Waals surface area contributed by atoms with Crippen LogP contribution in [0.5, 0.6) is 0 Å². The first-order chi connectivity index (χ1) is 16.4. The molecule has 1 saturated heterocycles. The first-order valence-electron chi connectivity index (χ1n) is 11.9. The maximum atomic E-state index is 13.9. The van der Waals surface area contributed by atoms with Crippen molar-refractivity contribution in [3.8, 4) is 0 Å². The van der Waals surface area contributed by atoms with Crippen LogP contribution in [0.15, 0.2) is 65.9 Å². The summed E-state index contributed by atoms with van der Waals surface area (Å²) in [7, 11) is 1.68. The second kappa shape index (κ2) is 8.97. The van der Waals surface area contributed by atoms with Crippen LogP contribution in [0.1, 0.15) is 35.6 Å². The van der Waals surface area contributed by atoms with Gasteiger partial charge in [0.1, 0.15) is 6.04 Å². The van der Waals surface area contributed by atoms with Gasteiger partial charge in [0.05, 0.1) is 23.9 Å². The van der Waals surface area contributed by atoms with Gasteiger partial charge in [0, 0.05) is 26.6 Å². The lowest BCUT2D eigenvalue weighted by atomic mass is 9.95. The summed E-state index contributed by atoms with van der Waals surface area (Å²) in [6.45, 7) is 3.70. The highest BCUT2D eigenvalue weighted by Crippen LogP contribution is 2.37. The Morgan fingerprint density at radius 2 is 1.71 bits per heavy atom. The molecule has 2 aromatic carbocycles. The highest BCUT2D eigenvalue weighted by molar-refractivity contribution is 6.03. The number of carbonyl (C=O) groups is 3. The Kier molecular flexibility index (Phi) is 5.86. The molecule has 1 fully saturated rings. The Hall–Kier alpha value is -3.61. The van der Waals surface area contributed by atoms with Gasteiger partial charge in [-0.1, -0.05) is 60.2 Å². The molecule has 0 spiro atoms. The lowest BCUT2D eigenvalue weighted by Gasteiger charge is -2.31. The minimum Gasteiger partial charge on any atom is -0.341 e. The summed E-state index contributed by atoms with van der Waals surface area (Å²) < 4.78 is 0. The number of urea groups is 1. The number of hydrogen-bond donors (Lipinski definition) is 1. The zero-order valence-corrected chi connectivity index (χ0v) is 19.7. The third-order valence-corrected chi connectivity index (χ3v) is 7.15. The van der Waals surface area contributed by atoms with Crippen molar-refractivity contribution in [2.75, 3.05) is 26.7 Å². The minimum atomic E-state index is -0.610. The molecular formula is C27H30N4O3. The van der Waals surface area contributed by atoms with Crippen molar-refractivity contribution in [2.24, 2.45) is 0 Å². The molecule has 3 heterocycles. The lowest BCUT2D eigenvalue weighted by Crippen LogP contribution is -2.50. The van der Waals surface area contributed by atoms with Crippen LogP contribution in [0, 0.1) is 6.92 Å². The van der Waals surface area contributed by atoms with Crippen LogP contribution in [0.2, 0.25) is 0 Å². The van der Waals surface area contributed by atoms with Crippen LogP contribution in [0.4, 0.5) is 4.79 Å². The molecule has 3 aliphatic heterocycles. The van der Waals surface area contributed by atoms with E-state index < -0.39 is 12.1 Å². The average molecular weight is 459 g/mol. The molecule has 7 heteroatoms. The van der Waals surface area contributed by atoms with E-state index >= 15 is 0 Å². The second-order valence-electron chi connectivity index (χ2n) is 9.38. The maximum absolute atomic E-state index is 13.9. The number of likely N-dealkylation sites (N-methyl/N-ethyl adjacent to an activating group) is 1. The minimum absolute atomic E-state index is 0.0108. The normalized spacial score (nSPS) is 21.1.